The number of nitrogens with one attached hydrogen (secondary N) is 1. The molecule has 0 aliphatic carbocycles. The molecule has 0 fully saturated rings. The molecule has 0 spiro atoms. The van der Waals surface area contributed by atoms with Crippen LogP contribution in [0.15, 0.2) is 36.4 Å². The van der Waals surface area contributed by atoms with Gasteiger partial charge in [-0.25, -0.2) is 9.59 Å². The van der Waals surface area contributed by atoms with E-state index < -0.39 is 11.9 Å². The number of carboxylic acid groups (broad SMARTS) is 2. The van der Waals surface area contributed by atoms with Crippen LogP contribution in [0.5, 0.6) is 0 Å². The van der Waals surface area contributed by atoms with Crippen molar-refractivity contribution in [1.29, 1.82) is 0 Å². The van der Waals surface area contributed by atoms with Crippen molar-refractivity contribution in [2.45, 2.75) is 6.92 Å². The van der Waals surface area contributed by atoms with Crippen molar-refractivity contribution in [3.8, 4) is 0 Å². The number of carboxylic acids is 2. The maximum atomic E-state index is 11.3. The van der Waals surface area contributed by atoms with Crippen molar-refractivity contribution in [1.82, 2.24) is 0 Å². The fourth-order valence-electron chi connectivity index (χ4n) is 2.01. The van der Waals surface area contributed by atoms with Crippen molar-refractivity contribution in [2.24, 2.45) is 0 Å². The molecule has 0 heterocycles. The average molecular weight is 306 g/mol. The van der Waals surface area contributed by atoms with E-state index in [0.717, 1.165) is 0 Å². The molecule has 2 aromatic rings. The number of hydrogen-bond donors (Lipinski definition) is 3. The van der Waals surface area contributed by atoms with Crippen LogP contribution in [-0.2, 0) is 0 Å². The van der Waals surface area contributed by atoms with Gasteiger partial charge in [0.1, 0.15) is 0 Å². The van der Waals surface area contributed by atoms with Gasteiger partial charge in [0.25, 0.3) is 0 Å². The zero-order valence-corrected chi connectivity index (χ0v) is 11.8. The summed E-state index contributed by atoms with van der Waals surface area (Å²) in [5, 5.41) is 21.6. The largest absolute Gasteiger partial charge is 0.478 e. The number of hydrogen-bond acceptors (Lipinski definition) is 3. The summed E-state index contributed by atoms with van der Waals surface area (Å²) < 4.78 is 0. The first kappa shape index (κ1) is 14.9. The van der Waals surface area contributed by atoms with E-state index in [2.05, 4.69) is 5.32 Å². The third kappa shape index (κ3) is 3.14. The number of carbonyl (C=O) groups is 2. The molecule has 2 aromatic carbocycles. The first-order chi connectivity index (χ1) is 9.90. The van der Waals surface area contributed by atoms with Crippen LogP contribution in [-0.4, -0.2) is 22.2 Å². The Morgan fingerprint density at radius 1 is 1.05 bits per heavy atom. The Kier molecular flexibility index (Phi) is 4.14. The molecule has 0 bridgehead atoms. The molecule has 0 saturated carbocycles. The van der Waals surface area contributed by atoms with Crippen molar-refractivity contribution < 1.29 is 19.8 Å². The lowest BCUT2D eigenvalue weighted by atomic mass is 10.1. The Labute approximate surface area is 125 Å². The zero-order valence-electron chi connectivity index (χ0n) is 11.1. The minimum Gasteiger partial charge on any atom is -0.478 e. The number of aromatic carboxylic acids is 2. The van der Waals surface area contributed by atoms with Gasteiger partial charge in [-0.1, -0.05) is 23.7 Å². The summed E-state index contributed by atoms with van der Waals surface area (Å²) in [6.45, 7) is 1.67. The van der Waals surface area contributed by atoms with Crippen LogP contribution in [0.25, 0.3) is 0 Å². The Morgan fingerprint density at radius 3 is 2.38 bits per heavy atom. The van der Waals surface area contributed by atoms with E-state index in [4.69, 9.17) is 16.7 Å². The Bertz CT molecular complexity index is 728. The van der Waals surface area contributed by atoms with Gasteiger partial charge in [0.15, 0.2) is 0 Å². The highest BCUT2D eigenvalue weighted by atomic mass is 35.5. The van der Waals surface area contributed by atoms with Gasteiger partial charge in [-0.15, -0.1) is 0 Å². The van der Waals surface area contributed by atoms with Crippen LogP contribution in [0.3, 0.4) is 0 Å². The number of aryl methyl sites for hydroxylation is 1. The molecule has 0 aliphatic heterocycles. The molecule has 108 valence electrons. The van der Waals surface area contributed by atoms with E-state index >= 15 is 0 Å². The molecule has 0 aromatic heterocycles. The Hall–Kier alpha value is -2.53. The number of rotatable bonds is 4. The van der Waals surface area contributed by atoms with Gasteiger partial charge in [0.2, 0.25) is 0 Å². The van der Waals surface area contributed by atoms with Gasteiger partial charge < -0.3 is 15.5 Å². The SMILES string of the molecule is Cc1cccc(Nc2cc(Cl)ccc2C(=O)O)c1C(=O)O. The summed E-state index contributed by atoms with van der Waals surface area (Å²) in [5.74, 6) is -2.21. The standard InChI is InChI=1S/C15H12ClNO4/c1-8-3-2-4-11(13(8)15(20)21)17-12-7-9(16)5-6-10(12)14(18)19/h2-7,17H,1H3,(H,18,19)(H,20,21). The van der Waals surface area contributed by atoms with E-state index in [1.54, 1.807) is 25.1 Å². The zero-order chi connectivity index (χ0) is 15.6. The Morgan fingerprint density at radius 2 is 1.76 bits per heavy atom. The fourth-order valence-corrected chi connectivity index (χ4v) is 2.18. The molecule has 0 radical (unpaired) electrons. The molecule has 0 unspecified atom stereocenters. The third-order valence-electron chi connectivity index (χ3n) is 2.97. The van der Waals surface area contributed by atoms with Crippen molar-refractivity contribution in [3.63, 3.8) is 0 Å². The fraction of sp³-hybridized carbons (Fsp3) is 0.0667. The lowest BCUT2D eigenvalue weighted by Gasteiger charge is -2.13. The van der Waals surface area contributed by atoms with E-state index in [1.165, 1.54) is 18.2 Å². The van der Waals surface area contributed by atoms with E-state index in [9.17, 15) is 14.7 Å². The topological polar surface area (TPSA) is 86.6 Å². The van der Waals surface area contributed by atoms with E-state index in [1.807, 2.05) is 0 Å². The summed E-state index contributed by atoms with van der Waals surface area (Å²) in [4.78, 5) is 22.5. The average Bonchev–Trinajstić information content (AvgIpc) is 2.37. The van der Waals surface area contributed by atoms with Gasteiger partial charge in [-0.05, 0) is 36.8 Å². The molecule has 0 amide bonds. The second kappa shape index (κ2) is 5.85. The molecule has 5 nitrogen and oxygen atoms in total. The highest BCUT2D eigenvalue weighted by Crippen LogP contribution is 2.28. The first-order valence-corrected chi connectivity index (χ1v) is 6.40. The number of anilines is 2. The highest BCUT2D eigenvalue weighted by Gasteiger charge is 2.16. The quantitative estimate of drug-likeness (QED) is 0.800. The summed E-state index contributed by atoms with van der Waals surface area (Å²) in [6, 6.07) is 9.20. The molecule has 6 heteroatoms. The van der Waals surface area contributed by atoms with Crippen LogP contribution in [0, 0.1) is 6.92 Å². The van der Waals surface area contributed by atoms with Gasteiger partial charge in [-0.3, -0.25) is 0 Å². The van der Waals surface area contributed by atoms with Crippen molar-refractivity contribution in [3.05, 3.63) is 58.1 Å². The van der Waals surface area contributed by atoms with Gasteiger partial charge in [0.05, 0.1) is 22.5 Å². The van der Waals surface area contributed by atoms with Crippen molar-refractivity contribution in [2.75, 3.05) is 5.32 Å². The Balaban J connectivity index is 2.53. The summed E-state index contributed by atoms with van der Waals surface area (Å²) in [5.41, 5.74) is 1.23. The summed E-state index contributed by atoms with van der Waals surface area (Å²) in [6.07, 6.45) is 0. The minimum absolute atomic E-state index is 0.0113. The molecular formula is C15H12ClNO4. The highest BCUT2D eigenvalue weighted by molar-refractivity contribution is 6.31. The summed E-state index contributed by atoms with van der Waals surface area (Å²) >= 11 is 5.87. The normalized spacial score (nSPS) is 10.2. The molecule has 0 aliphatic rings. The lowest BCUT2D eigenvalue weighted by molar-refractivity contribution is 0.0687. The predicted molar refractivity (Wildman–Crippen MR) is 79.8 cm³/mol. The van der Waals surface area contributed by atoms with Crippen LogP contribution < -0.4 is 5.32 Å². The van der Waals surface area contributed by atoms with Gasteiger partial charge in [-0.2, -0.15) is 0 Å². The maximum Gasteiger partial charge on any atom is 0.338 e. The maximum absolute atomic E-state index is 11.3. The van der Waals surface area contributed by atoms with E-state index in [0.29, 0.717) is 16.3 Å². The predicted octanol–water partition coefficient (Wildman–Crippen LogP) is 3.79. The van der Waals surface area contributed by atoms with Gasteiger partial charge in [0, 0.05) is 5.02 Å². The van der Waals surface area contributed by atoms with Crippen LogP contribution in [0.4, 0.5) is 11.4 Å². The summed E-state index contributed by atoms with van der Waals surface area (Å²) in [7, 11) is 0. The second-order valence-corrected chi connectivity index (χ2v) is 4.86. The van der Waals surface area contributed by atoms with Crippen molar-refractivity contribution >= 4 is 34.9 Å². The van der Waals surface area contributed by atoms with Crippen LogP contribution in [0.2, 0.25) is 5.02 Å². The molecule has 21 heavy (non-hydrogen) atoms. The molecular weight excluding hydrogens is 294 g/mol. The lowest BCUT2D eigenvalue weighted by Crippen LogP contribution is -2.08. The number of halogens is 1. The second-order valence-electron chi connectivity index (χ2n) is 4.42. The van der Waals surface area contributed by atoms with E-state index in [-0.39, 0.29) is 16.8 Å². The first-order valence-electron chi connectivity index (χ1n) is 6.03. The molecule has 2 rings (SSSR count). The number of benzene rings is 2. The minimum atomic E-state index is -1.13. The molecule has 0 atom stereocenters. The molecule has 0 saturated heterocycles. The monoisotopic (exact) mass is 305 g/mol. The van der Waals surface area contributed by atoms with Crippen LogP contribution >= 0.6 is 11.6 Å². The molecule has 3 N–H and O–H groups in total. The smallest absolute Gasteiger partial charge is 0.338 e. The van der Waals surface area contributed by atoms with Gasteiger partial charge >= 0.3 is 11.9 Å². The van der Waals surface area contributed by atoms with Crippen LogP contribution in [0.1, 0.15) is 26.3 Å². The third-order valence-corrected chi connectivity index (χ3v) is 3.20.